The van der Waals surface area contributed by atoms with Crippen molar-refractivity contribution in [3.63, 3.8) is 0 Å². The van der Waals surface area contributed by atoms with Crippen LogP contribution in [0.25, 0.3) is 0 Å². The maximum absolute atomic E-state index is 5.48. The van der Waals surface area contributed by atoms with Crippen LogP contribution in [0.3, 0.4) is 0 Å². The van der Waals surface area contributed by atoms with Gasteiger partial charge in [-0.1, -0.05) is 28.1 Å². The number of benzene rings is 1. The number of hydrogen-bond donors (Lipinski definition) is 1. The lowest BCUT2D eigenvalue weighted by Gasteiger charge is -2.29. The molecule has 5 nitrogen and oxygen atoms in total. The first-order valence-corrected chi connectivity index (χ1v) is 11.1. The van der Waals surface area contributed by atoms with Crippen molar-refractivity contribution in [1.82, 2.24) is 15.1 Å². The van der Waals surface area contributed by atoms with Crippen molar-refractivity contribution in [2.45, 2.75) is 31.7 Å². The van der Waals surface area contributed by atoms with Gasteiger partial charge in [0.1, 0.15) is 0 Å². The molecule has 0 spiro atoms. The molecule has 2 heterocycles. The lowest BCUT2D eigenvalue weighted by Crippen LogP contribution is -2.43. The molecule has 0 radical (unpaired) electrons. The number of aliphatic imine (C=N–C) groups is 1. The third-order valence-electron chi connectivity index (χ3n) is 5.92. The minimum absolute atomic E-state index is 0.523. The highest BCUT2D eigenvalue weighted by atomic mass is 79.9. The fourth-order valence-corrected chi connectivity index (χ4v) is 4.57. The predicted molar refractivity (Wildman–Crippen MR) is 113 cm³/mol. The number of guanidine groups is 1. The third-order valence-corrected chi connectivity index (χ3v) is 6.45. The summed E-state index contributed by atoms with van der Waals surface area (Å²) in [7, 11) is 0. The summed E-state index contributed by atoms with van der Waals surface area (Å²) in [4.78, 5) is 9.84. The number of nitrogens with zero attached hydrogens (tertiary/aromatic N) is 3. The van der Waals surface area contributed by atoms with Crippen LogP contribution in [0, 0.1) is 5.92 Å². The Morgan fingerprint density at radius 2 is 2.00 bits per heavy atom. The fourth-order valence-electron chi connectivity index (χ4n) is 4.31. The normalized spacial score (nSPS) is 29.2. The number of rotatable bonds is 5. The van der Waals surface area contributed by atoms with Crippen molar-refractivity contribution in [1.29, 1.82) is 0 Å². The molecule has 0 amide bonds. The molecule has 2 saturated heterocycles. The number of morpholine rings is 1. The van der Waals surface area contributed by atoms with E-state index in [4.69, 9.17) is 9.73 Å². The maximum Gasteiger partial charge on any atom is 0.194 e. The molecule has 3 fully saturated rings. The Labute approximate surface area is 171 Å². The van der Waals surface area contributed by atoms with Crippen molar-refractivity contribution in [2.75, 3.05) is 52.5 Å². The number of ether oxygens (including phenoxy) is 1. The zero-order chi connectivity index (χ0) is 18.6. The largest absolute Gasteiger partial charge is 0.379 e. The lowest BCUT2D eigenvalue weighted by molar-refractivity contribution is 0.0315. The fraction of sp³-hybridized carbons (Fsp3) is 0.667. The quantitative estimate of drug-likeness (QED) is 0.571. The van der Waals surface area contributed by atoms with Crippen molar-refractivity contribution in [2.24, 2.45) is 10.9 Å². The number of likely N-dealkylation sites (tertiary alicyclic amines) is 1. The molecule has 0 aromatic heterocycles. The summed E-state index contributed by atoms with van der Waals surface area (Å²) < 4.78 is 6.62. The standard InChI is InChI=1S/C21H31BrN4O/c1-2-23-21(24-20-13-19(20)17-3-5-18(22)6-4-17)26-8-7-16(15-26)14-25-9-11-27-12-10-25/h3-6,16,19-20H,2,7-15H2,1H3,(H,23,24). The second-order valence-electron chi connectivity index (χ2n) is 7.96. The van der Waals surface area contributed by atoms with Crippen LogP contribution < -0.4 is 5.32 Å². The second kappa shape index (κ2) is 8.93. The van der Waals surface area contributed by atoms with E-state index in [9.17, 15) is 0 Å². The van der Waals surface area contributed by atoms with Crippen LogP contribution in [0.15, 0.2) is 33.7 Å². The van der Waals surface area contributed by atoms with Crippen LogP contribution in [0.2, 0.25) is 0 Å². The Morgan fingerprint density at radius 3 is 2.74 bits per heavy atom. The lowest BCUT2D eigenvalue weighted by atomic mass is 10.1. The van der Waals surface area contributed by atoms with Gasteiger partial charge in [0.2, 0.25) is 0 Å². The number of nitrogens with one attached hydrogen (secondary N) is 1. The first kappa shape index (κ1) is 19.2. The molecule has 3 unspecified atom stereocenters. The zero-order valence-electron chi connectivity index (χ0n) is 16.2. The van der Waals surface area contributed by atoms with Gasteiger partial charge in [-0.05, 0) is 43.4 Å². The van der Waals surface area contributed by atoms with Crippen molar-refractivity contribution >= 4 is 21.9 Å². The predicted octanol–water partition coefficient (Wildman–Crippen LogP) is 2.92. The van der Waals surface area contributed by atoms with Gasteiger partial charge in [0.15, 0.2) is 5.96 Å². The molecule has 148 valence electrons. The zero-order valence-corrected chi connectivity index (χ0v) is 17.8. The summed E-state index contributed by atoms with van der Waals surface area (Å²) in [5, 5.41) is 3.75. The third kappa shape index (κ3) is 5.04. The average molecular weight is 435 g/mol. The van der Waals surface area contributed by atoms with E-state index in [1.54, 1.807) is 0 Å². The van der Waals surface area contributed by atoms with Gasteiger partial charge in [0, 0.05) is 55.7 Å². The topological polar surface area (TPSA) is 40.1 Å². The Balaban J connectivity index is 1.29. The van der Waals surface area contributed by atoms with Gasteiger partial charge >= 0.3 is 0 Å². The molecule has 3 aliphatic rings. The van der Waals surface area contributed by atoms with Crippen molar-refractivity contribution in [3.8, 4) is 0 Å². The van der Waals surface area contributed by atoms with E-state index >= 15 is 0 Å². The first-order chi connectivity index (χ1) is 13.2. The molecule has 1 N–H and O–H groups in total. The minimum Gasteiger partial charge on any atom is -0.379 e. The molecule has 4 rings (SSSR count). The highest BCUT2D eigenvalue weighted by Gasteiger charge is 2.40. The van der Waals surface area contributed by atoms with E-state index in [0.717, 1.165) is 62.3 Å². The van der Waals surface area contributed by atoms with E-state index in [1.807, 2.05) is 0 Å². The molecule has 27 heavy (non-hydrogen) atoms. The molecule has 1 saturated carbocycles. The molecular weight excluding hydrogens is 404 g/mol. The van der Waals surface area contributed by atoms with E-state index in [2.05, 4.69) is 62.2 Å². The molecule has 1 aliphatic carbocycles. The molecule has 1 aromatic carbocycles. The van der Waals surface area contributed by atoms with Crippen LogP contribution in [0.5, 0.6) is 0 Å². The highest BCUT2D eigenvalue weighted by molar-refractivity contribution is 9.10. The monoisotopic (exact) mass is 434 g/mol. The summed E-state index contributed by atoms with van der Waals surface area (Å²) in [5.41, 5.74) is 1.43. The summed E-state index contributed by atoms with van der Waals surface area (Å²) >= 11 is 3.52. The molecular formula is C21H31BrN4O. The second-order valence-corrected chi connectivity index (χ2v) is 8.87. The van der Waals surface area contributed by atoms with E-state index in [1.165, 1.54) is 24.9 Å². The average Bonchev–Trinajstić information content (AvgIpc) is 3.29. The van der Waals surface area contributed by atoms with Gasteiger partial charge < -0.3 is 15.0 Å². The van der Waals surface area contributed by atoms with E-state index in [-0.39, 0.29) is 0 Å². The van der Waals surface area contributed by atoms with Crippen LogP contribution in [-0.2, 0) is 4.74 Å². The van der Waals surface area contributed by atoms with Crippen LogP contribution in [0.4, 0.5) is 0 Å². The van der Waals surface area contributed by atoms with Crippen LogP contribution in [0.1, 0.15) is 31.2 Å². The van der Waals surface area contributed by atoms with Gasteiger partial charge in [0.05, 0.1) is 13.2 Å². The Kier molecular flexibility index (Phi) is 6.35. The van der Waals surface area contributed by atoms with E-state index < -0.39 is 0 Å². The SMILES string of the molecule is CCN=C(NC1CC1c1ccc(Br)cc1)N1CCC(CN2CCOCC2)C1. The number of hydrogen-bond acceptors (Lipinski definition) is 3. The summed E-state index contributed by atoms with van der Waals surface area (Å²) in [6.07, 6.45) is 2.47. The summed E-state index contributed by atoms with van der Waals surface area (Å²) in [6, 6.07) is 9.28. The van der Waals surface area contributed by atoms with Crippen LogP contribution in [-0.4, -0.2) is 74.3 Å². The van der Waals surface area contributed by atoms with Crippen LogP contribution >= 0.6 is 15.9 Å². The first-order valence-electron chi connectivity index (χ1n) is 10.3. The molecule has 6 heteroatoms. The molecule has 3 atom stereocenters. The summed E-state index contributed by atoms with van der Waals surface area (Å²) in [6.45, 7) is 10.4. The van der Waals surface area contributed by atoms with Crippen molar-refractivity contribution < 1.29 is 4.74 Å². The van der Waals surface area contributed by atoms with Gasteiger partial charge in [-0.15, -0.1) is 0 Å². The Hall–Kier alpha value is -1.11. The van der Waals surface area contributed by atoms with Crippen molar-refractivity contribution in [3.05, 3.63) is 34.3 Å². The molecule has 0 bridgehead atoms. The van der Waals surface area contributed by atoms with Gasteiger partial charge in [-0.2, -0.15) is 0 Å². The molecule has 1 aromatic rings. The Bertz CT molecular complexity index is 644. The maximum atomic E-state index is 5.48. The molecule has 2 aliphatic heterocycles. The minimum atomic E-state index is 0.523. The van der Waals surface area contributed by atoms with Gasteiger partial charge in [-0.25, -0.2) is 0 Å². The van der Waals surface area contributed by atoms with Gasteiger partial charge in [-0.3, -0.25) is 9.89 Å². The smallest absolute Gasteiger partial charge is 0.194 e. The summed E-state index contributed by atoms with van der Waals surface area (Å²) in [5.74, 6) is 2.48. The van der Waals surface area contributed by atoms with E-state index in [0.29, 0.717) is 12.0 Å². The van der Waals surface area contributed by atoms with Gasteiger partial charge in [0.25, 0.3) is 0 Å². The Morgan fingerprint density at radius 1 is 1.22 bits per heavy atom. The number of halogens is 1. The highest BCUT2D eigenvalue weighted by Crippen LogP contribution is 2.41.